The molecule has 0 amide bonds. The maximum absolute atomic E-state index is 6.09. The van der Waals surface area contributed by atoms with E-state index in [4.69, 9.17) is 4.74 Å². The van der Waals surface area contributed by atoms with Crippen LogP contribution in [0.5, 0.6) is 5.75 Å². The lowest BCUT2D eigenvalue weighted by molar-refractivity contribution is 0.0521. The van der Waals surface area contributed by atoms with Crippen molar-refractivity contribution in [1.82, 2.24) is 0 Å². The Labute approximate surface area is 92.5 Å². The van der Waals surface area contributed by atoms with Gasteiger partial charge in [0.15, 0.2) is 0 Å². The first-order valence-corrected chi connectivity index (χ1v) is 5.88. The first-order chi connectivity index (χ1) is 7.13. The maximum atomic E-state index is 6.09. The summed E-state index contributed by atoms with van der Waals surface area (Å²) in [4.78, 5) is 0. The zero-order valence-corrected chi connectivity index (χ0v) is 9.92. The fourth-order valence-corrected chi connectivity index (χ4v) is 2.10. The Kier molecular flexibility index (Phi) is 2.72. The van der Waals surface area contributed by atoms with Crippen LogP contribution in [0.25, 0.3) is 0 Å². The summed E-state index contributed by atoms with van der Waals surface area (Å²) < 4.78 is 6.09. The third-order valence-corrected chi connectivity index (χ3v) is 3.70. The van der Waals surface area contributed by atoms with E-state index in [0.29, 0.717) is 6.10 Å². The molecule has 0 aliphatic carbocycles. The molecule has 1 aromatic carbocycles. The van der Waals surface area contributed by atoms with Crippen LogP contribution in [0.15, 0.2) is 24.3 Å². The van der Waals surface area contributed by atoms with E-state index in [0.717, 1.165) is 18.6 Å². The zero-order valence-electron chi connectivity index (χ0n) is 9.92. The smallest absolute Gasteiger partial charge is 0.122 e. The van der Waals surface area contributed by atoms with Crippen molar-refractivity contribution in [1.29, 1.82) is 0 Å². The van der Waals surface area contributed by atoms with Gasteiger partial charge in [-0.1, -0.05) is 39.0 Å². The number of aryl methyl sites for hydroxylation is 1. The second-order valence-electron chi connectivity index (χ2n) is 5.10. The molecule has 1 unspecified atom stereocenters. The Morgan fingerprint density at radius 3 is 2.80 bits per heavy atom. The van der Waals surface area contributed by atoms with Crippen LogP contribution >= 0.6 is 0 Å². The second kappa shape index (κ2) is 3.88. The number of para-hydroxylation sites is 1. The summed E-state index contributed by atoms with van der Waals surface area (Å²) in [7, 11) is 0. The van der Waals surface area contributed by atoms with Crippen LogP contribution in [0.2, 0.25) is 0 Å². The van der Waals surface area contributed by atoms with Crippen molar-refractivity contribution in [3.05, 3.63) is 29.8 Å². The van der Waals surface area contributed by atoms with Gasteiger partial charge < -0.3 is 4.74 Å². The van der Waals surface area contributed by atoms with Crippen LogP contribution in [-0.2, 0) is 6.42 Å². The predicted molar refractivity (Wildman–Crippen MR) is 63.3 cm³/mol. The van der Waals surface area contributed by atoms with Crippen LogP contribution in [-0.4, -0.2) is 6.10 Å². The van der Waals surface area contributed by atoms with Gasteiger partial charge in [0.25, 0.3) is 0 Å². The van der Waals surface area contributed by atoms with Crippen molar-refractivity contribution >= 4 is 0 Å². The van der Waals surface area contributed by atoms with Crippen LogP contribution in [0.3, 0.4) is 0 Å². The maximum Gasteiger partial charge on any atom is 0.122 e. The van der Waals surface area contributed by atoms with Gasteiger partial charge in [0.2, 0.25) is 0 Å². The average Bonchev–Trinajstić information content (AvgIpc) is 2.28. The molecule has 0 saturated heterocycles. The fourth-order valence-electron chi connectivity index (χ4n) is 2.10. The van der Waals surface area contributed by atoms with Gasteiger partial charge in [0.05, 0.1) is 0 Å². The van der Waals surface area contributed by atoms with Gasteiger partial charge in [0, 0.05) is 5.41 Å². The molecule has 0 bridgehead atoms. The first kappa shape index (κ1) is 10.5. The number of hydrogen-bond acceptors (Lipinski definition) is 1. The van der Waals surface area contributed by atoms with Crippen molar-refractivity contribution in [2.45, 2.75) is 46.1 Å². The molecule has 2 rings (SSSR count). The standard InChI is InChI=1S/C14H20O/c1-4-14(2,3)13-10-9-11-7-5-6-8-12(11)15-13/h5-8,13H,4,9-10H2,1-3H3. The van der Waals surface area contributed by atoms with Crippen molar-refractivity contribution in [3.63, 3.8) is 0 Å². The highest BCUT2D eigenvalue weighted by Crippen LogP contribution is 2.36. The topological polar surface area (TPSA) is 9.23 Å². The second-order valence-corrected chi connectivity index (χ2v) is 5.10. The Balaban J connectivity index is 2.19. The van der Waals surface area contributed by atoms with Gasteiger partial charge in [-0.05, 0) is 30.9 Å². The van der Waals surface area contributed by atoms with E-state index in [-0.39, 0.29) is 5.41 Å². The molecule has 1 nitrogen and oxygen atoms in total. The number of hydrogen-bond donors (Lipinski definition) is 0. The molecule has 0 N–H and O–H groups in total. The Hall–Kier alpha value is -0.980. The van der Waals surface area contributed by atoms with Gasteiger partial charge in [-0.25, -0.2) is 0 Å². The summed E-state index contributed by atoms with van der Waals surface area (Å²) in [5.41, 5.74) is 1.65. The van der Waals surface area contributed by atoms with Gasteiger partial charge in [-0.2, -0.15) is 0 Å². The van der Waals surface area contributed by atoms with E-state index in [2.05, 4.69) is 45.0 Å². The molecular formula is C14H20O. The van der Waals surface area contributed by atoms with Crippen molar-refractivity contribution in [2.24, 2.45) is 5.41 Å². The monoisotopic (exact) mass is 204 g/mol. The molecule has 0 fully saturated rings. The molecule has 0 saturated carbocycles. The van der Waals surface area contributed by atoms with E-state index in [1.807, 2.05) is 0 Å². The highest BCUT2D eigenvalue weighted by Gasteiger charge is 2.32. The highest BCUT2D eigenvalue weighted by atomic mass is 16.5. The third-order valence-electron chi connectivity index (χ3n) is 3.70. The molecule has 1 heterocycles. The normalized spacial score (nSPS) is 20.6. The van der Waals surface area contributed by atoms with E-state index in [9.17, 15) is 0 Å². The lowest BCUT2D eigenvalue weighted by Gasteiger charge is -2.37. The van der Waals surface area contributed by atoms with Crippen molar-refractivity contribution < 1.29 is 4.74 Å². The molecule has 1 aliphatic rings. The molecule has 15 heavy (non-hydrogen) atoms. The minimum Gasteiger partial charge on any atom is -0.490 e. The van der Waals surface area contributed by atoms with E-state index >= 15 is 0 Å². The number of rotatable bonds is 2. The van der Waals surface area contributed by atoms with Crippen LogP contribution in [0.1, 0.15) is 39.2 Å². The highest BCUT2D eigenvalue weighted by molar-refractivity contribution is 5.35. The van der Waals surface area contributed by atoms with E-state index < -0.39 is 0 Å². The molecule has 0 aromatic heterocycles. The molecule has 1 aliphatic heterocycles. The van der Waals surface area contributed by atoms with Crippen molar-refractivity contribution in [2.75, 3.05) is 0 Å². The molecule has 1 aromatic rings. The summed E-state index contributed by atoms with van der Waals surface area (Å²) in [6.45, 7) is 6.83. The van der Waals surface area contributed by atoms with Gasteiger partial charge in [0.1, 0.15) is 11.9 Å². The molecule has 0 spiro atoms. The Bertz CT molecular complexity index is 341. The minimum absolute atomic E-state index is 0.285. The summed E-state index contributed by atoms with van der Waals surface area (Å²) in [6, 6.07) is 8.41. The lowest BCUT2D eigenvalue weighted by Crippen LogP contribution is -2.36. The summed E-state index contributed by atoms with van der Waals surface area (Å²) >= 11 is 0. The molecule has 82 valence electrons. The summed E-state index contributed by atoms with van der Waals surface area (Å²) in [5, 5.41) is 0. The number of benzene rings is 1. The third kappa shape index (κ3) is 2.01. The lowest BCUT2D eigenvalue weighted by atomic mass is 9.80. The quantitative estimate of drug-likeness (QED) is 0.711. The fraction of sp³-hybridized carbons (Fsp3) is 0.571. The zero-order chi connectivity index (χ0) is 10.9. The first-order valence-electron chi connectivity index (χ1n) is 5.88. The largest absolute Gasteiger partial charge is 0.490 e. The van der Waals surface area contributed by atoms with E-state index in [1.54, 1.807) is 0 Å². The van der Waals surface area contributed by atoms with E-state index in [1.165, 1.54) is 12.0 Å². The predicted octanol–water partition coefficient (Wildman–Crippen LogP) is 3.82. The molecule has 1 atom stereocenters. The van der Waals surface area contributed by atoms with Crippen molar-refractivity contribution in [3.8, 4) is 5.75 Å². The molecular weight excluding hydrogens is 184 g/mol. The molecule has 0 radical (unpaired) electrons. The average molecular weight is 204 g/mol. The Morgan fingerprint density at radius 2 is 2.07 bits per heavy atom. The minimum atomic E-state index is 0.285. The Morgan fingerprint density at radius 1 is 1.33 bits per heavy atom. The summed E-state index contributed by atoms with van der Waals surface area (Å²) in [5.74, 6) is 1.09. The summed E-state index contributed by atoms with van der Waals surface area (Å²) in [6.07, 6.45) is 3.85. The number of ether oxygens (including phenoxy) is 1. The SMILES string of the molecule is CCC(C)(C)C1CCc2ccccc2O1. The van der Waals surface area contributed by atoms with Gasteiger partial charge >= 0.3 is 0 Å². The number of fused-ring (bicyclic) bond motifs is 1. The van der Waals surface area contributed by atoms with Crippen LogP contribution in [0.4, 0.5) is 0 Å². The van der Waals surface area contributed by atoms with Crippen LogP contribution in [0, 0.1) is 5.41 Å². The van der Waals surface area contributed by atoms with Gasteiger partial charge in [-0.3, -0.25) is 0 Å². The van der Waals surface area contributed by atoms with Crippen LogP contribution < -0.4 is 4.74 Å². The van der Waals surface area contributed by atoms with Gasteiger partial charge in [-0.15, -0.1) is 0 Å². The molecule has 1 heteroatoms.